The molecule has 1 aromatic heterocycles. The Morgan fingerprint density at radius 1 is 1.77 bits per heavy atom. The van der Waals surface area contributed by atoms with Crippen LogP contribution in [-0.2, 0) is 11.3 Å². The van der Waals surface area contributed by atoms with E-state index in [0.717, 1.165) is 15.4 Å². The molecule has 1 aromatic rings. The largest absolute Gasteiger partial charge is 0.478 e. The lowest BCUT2D eigenvalue weighted by Gasteiger charge is -1.97. The van der Waals surface area contributed by atoms with E-state index in [1.807, 2.05) is 11.4 Å². The third-order valence-electron chi connectivity index (χ3n) is 1.30. The summed E-state index contributed by atoms with van der Waals surface area (Å²) in [5.41, 5.74) is 0. The van der Waals surface area contributed by atoms with E-state index in [9.17, 15) is 4.79 Å². The molecule has 0 spiro atoms. The maximum atomic E-state index is 10.1. The Labute approximate surface area is 88.2 Å². The van der Waals surface area contributed by atoms with Gasteiger partial charge in [-0.2, -0.15) is 0 Å². The minimum Gasteiger partial charge on any atom is -0.478 e. The van der Waals surface area contributed by atoms with E-state index in [1.165, 1.54) is 6.20 Å². The maximum absolute atomic E-state index is 10.1. The van der Waals surface area contributed by atoms with Crippen LogP contribution in [0.1, 0.15) is 4.88 Å². The zero-order chi connectivity index (χ0) is 9.68. The topological polar surface area (TPSA) is 49.3 Å². The lowest BCUT2D eigenvalue weighted by molar-refractivity contribution is -0.131. The van der Waals surface area contributed by atoms with Crippen LogP contribution in [-0.4, -0.2) is 11.1 Å². The van der Waals surface area contributed by atoms with Gasteiger partial charge in [0, 0.05) is 28.2 Å². The summed E-state index contributed by atoms with van der Waals surface area (Å²) in [7, 11) is 0. The summed E-state index contributed by atoms with van der Waals surface area (Å²) in [5.74, 6) is -0.947. The molecule has 0 aliphatic carbocycles. The molecule has 0 aliphatic heterocycles. The standard InChI is InChI=1S/C8H8BrNO2S/c9-6-2-4-13-7(6)5-10-3-1-8(11)12/h1-4,10H,5H2,(H,11,12)/b3-1+. The number of carboxylic acids is 1. The van der Waals surface area contributed by atoms with Crippen molar-refractivity contribution in [1.82, 2.24) is 5.32 Å². The van der Waals surface area contributed by atoms with Crippen molar-refractivity contribution in [3.05, 3.63) is 33.1 Å². The summed E-state index contributed by atoms with van der Waals surface area (Å²) in [4.78, 5) is 11.2. The summed E-state index contributed by atoms with van der Waals surface area (Å²) in [6.07, 6.45) is 2.50. The van der Waals surface area contributed by atoms with Crippen LogP contribution in [0.5, 0.6) is 0 Å². The van der Waals surface area contributed by atoms with Gasteiger partial charge in [0.05, 0.1) is 0 Å². The number of aliphatic carboxylic acids is 1. The van der Waals surface area contributed by atoms with Crippen molar-refractivity contribution in [2.45, 2.75) is 6.54 Å². The van der Waals surface area contributed by atoms with Gasteiger partial charge in [0.25, 0.3) is 0 Å². The molecule has 2 N–H and O–H groups in total. The van der Waals surface area contributed by atoms with Gasteiger partial charge in [-0.05, 0) is 27.4 Å². The lowest BCUT2D eigenvalue weighted by atomic mass is 10.4. The fraction of sp³-hybridized carbons (Fsp3) is 0.125. The number of nitrogens with one attached hydrogen (secondary N) is 1. The van der Waals surface area contributed by atoms with Gasteiger partial charge in [0.15, 0.2) is 0 Å². The molecule has 13 heavy (non-hydrogen) atoms. The molecule has 0 aliphatic rings. The number of carboxylic acid groups (broad SMARTS) is 1. The predicted molar refractivity (Wildman–Crippen MR) is 55.6 cm³/mol. The van der Waals surface area contributed by atoms with Crippen LogP contribution in [0.4, 0.5) is 0 Å². The zero-order valence-corrected chi connectivity index (χ0v) is 9.06. The number of rotatable bonds is 4. The Kier molecular flexibility index (Phi) is 3.98. The molecule has 0 bridgehead atoms. The highest BCUT2D eigenvalue weighted by atomic mass is 79.9. The summed E-state index contributed by atoms with van der Waals surface area (Å²) in [6.45, 7) is 0.641. The van der Waals surface area contributed by atoms with Crippen molar-refractivity contribution in [2.75, 3.05) is 0 Å². The second kappa shape index (κ2) is 5.04. The van der Waals surface area contributed by atoms with Gasteiger partial charge < -0.3 is 10.4 Å². The number of carbonyl (C=O) groups is 1. The molecule has 0 fully saturated rings. The molecule has 0 atom stereocenters. The number of hydrogen-bond acceptors (Lipinski definition) is 3. The SMILES string of the molecule is O=C(O)/C=C/NCc1sccc1Br. The molecule has 0 aromatic carbocycles. The Bertz CT molecular complexity index is 322. The smallest absolute Gasteiger partial charge is 0.329 e. The van der Waals surface area contributed by atoms with Gasteiger partial charge in [0.2, 0.25) is 0 Å². The molecule has 1 rings (SSSR count). The van der Waals surface area contributed by atoms with E-state index in [-0.39, 0.29) is 0 Å². The third kappa shape index (κ3) is 3.61. The lowest BCUT2D eigenvalue weighted by Crippen LogP contribution is -2.04. The minimum atomic E-state index is -0.947. The molecule has 70 valence electrons. The first-order chi connectivity index (χ1) is 6.20. The van der Waals surface area contributed by atoms with Crippen LogP contribution >= 0.6 is 27.3 Å². The Morgan fingerprint density at radius 2 is 2.54 bits per heavy atom. The predicted octanol–water partition coefficient (Wildman–Crippen LogP) is 2.20. The summed E-state index contributed by atoms with van der Waals surface area (Å²) in [5, 5.41) is 13.1. The first kappa shape index (κ1) is 10.3. The van der Waals surface area contributed by atoms with Crippen molar-refractivity contribution < 1.29 is 9.90 Å². The maximum Gasteiger partial charge on any atom is 0.329 e. The van der Waals surface area contributed by atoms with Crippen molar-refractivity contribution in [3.63, 3.8) is 0 Å². The van der Waals surface area contributed by atoms with E-state index in [4.69, 9.17) is 5.11 Å². The average molecular weight is 262 g/mol. The number of thiophene rings is 1. The van der Waals surface area contributed by atoms with E-state index in [2.05, 4.69) is 21.2 Å². The molecule has 5 heteroatoms. The third-order valence-corrected chi connectivity index (χ3v) is 3.22. The number of halogens is 1. The van der Waals surface area contributed by atoms with E-state index < -0.39 is 5.97 Å². The average Bonchev–Trinajstić information content (AvgIpc) is 2.45. The van der Waals surface area contributed by atoms with Crippen LogP contribution in [0.25, 0.3) is 0 Å². The summed E-state index contributed by atoms with van der Waals surface area (Å²) in [6, 6.07) is 1.96. The Morgan fingerprint density at radius 3 is 3.08 bits per heavy atom. The van der Waals surface area contributed by atoms with Gasteiger partial charge in [-0.15, -0.1) is 11.3 Å². The molecule has 0 amide bonds. The monoisotopic (exact) mass is 261 g/mol. The van der Waals surface area contributed by atoms with Crippen LogP contribution < -0.4 is 5.32 Å². The van der Waals surface area contributed by atoms with Gasteiger partial charge in [-0.25, -0.2) is 4.79 Å². The second-order valence-electron chi connectivity index (χ2n) is 2.24. The van der Waals surface area contributed by atoms with Crippen molar-refractivity contribution in [2.24, 2.45) is 0 Å². The molecular weight excluding hydrogens is 254 g/mol. The summed E-state index contributed by atoms with van der Waals surface area (Å²) < 4.78 is 1.05. The fourth-order valence-corrected chi connectivity index (χ4v) is 2.18. The van der Waals surface area contributed by atoms with Gasteiger partial charge >= 0.3 is 5.97 Å². The molecule has 0 unspecified atom stereocenters. The van der Waals surface area contributed by atoms with E-state index in [0.29, 0.717) is 6.54 Å². The van der Waals surface area contributed by atoms with Crippen LogP contribution in [0, 0.1) is 0 Å². The van der Waals surface area contributed by atoms with Gasteiger partial charge in [0.1, 0.15) is 0 Å². The molecular formula is C8H8BrNO2S. The molecule has 0 radical (unpaired) electrons. The van der Waals surface area contributed by atoms with Crippen molar-refractivity contribution >= 4 is 33.2 Å². The first-order valence-corrected chi connectivity index (χ1v) is 5.22. The van der Waals surface area contributed by atoms with Crippen molar-refractivity contribution in [1.29, 1.82) is 0 Å². The van der Waals surface area contributed by atoms with E-state index >= 15 is 0 Å². The quantitative estimate of drug-likeness (QED) is 0.818. The minimum absolute atomic E-state index is 0.641. The normalized spacial score (nSPS) is 10.5. The number of hydrogen-bond donors (Lipinski definition) is 2. The highest BCUT2D eigenvalue weighted by molar-refractivity contribution is 9.10. The van der Waals surface area contributed by atoms with Crippen LogP contribution in [0.3, 0.4) is 0 Å². The summed E-state index contributed by atoms with van der Waals surface area (Å²) >= 11 is 4.99. The first-order valence-electron chi connectivity index (χ1n) is 3.55. The molecule has 0 saturated heterocycles. The Hall–Kier alpha value is -0.810. The van der Waals surface area contributed by atoms with E-state index in [1.54, 1.807) is 11.3 Å². The molecule has 1 heterocycles. The van der Waals surface area contributed by atoms with Crippen LogP contribution in [0.2, 0.25) is 0 Å². The van der Waals surface area contributed by atoms with Gasteiger partial charge in [-0.3, -0.25) is 0 Å². The second-order valence-corrected chi connectivity index (χ2v) is 4.10. The fourth-order valence-electron chi connectivity index (χ4n) is 0.733. The van der Waals surface area contributed by atoms with Crippen LogP contribution in [0.15, 0.2) is 28.2 Å². The molecule has 3 nitrogen and oxygen atoms in total. The van der Waals surface area contributed by atoms with Gasteiger partial charge in [-0.1, -0.05) is 0 Å². The van der Waals surface area contributed by atoms with Crippen molar-refractivity contribution in [3.8, 4) is 0 Å². The highest BCUT2D eigenvalue weighted by Gasteiger charge is 1.98. The zero-order valence-electron chi connectivity index (χ0n) is 6.66. The molecule has 0 saturated carbocycles. The Balaban J connectivity index is 2.36. The highest BCUT2D eigenvalue weighted by Crippen LogP contribution is 2.21.